The highest BCUT2D eigenvalue weighted by Gasteiger charge is 2.29. The second-order valence-electron chi connectivity index (χ2n) is 11.0. The number of benzene rings is 4. The minimum absolute atomic E-state index is 0.0170. The van der Waals surface area contributed by atoms with Gasteiger partial charge in [0.1, 0.15) is 12.4 Å². The van der Waals surface area contributed by atoms with Crippen LogP contribution in [0.3, 0.4) is 0 Å². The fourth-order valence-electron chi connectivity index (χ4n) is 5.97. The molecule has 1 N–H and O–H groups in total. The molecule has 6 rings (SSSR count). The standard InChI is InChI=1S/C36H37FN4O3/c1-3-40(4-2)20-9-21-43-35-32-22-27(18-19-34(32)41(39-35)23-25-14-16-26(37)17-15-25)38-36(42)44-24-33-30-12-7-5-10-28(30)29-11-6-8-13-31(29)33/h5-8,10-19,22,33H,3-4,9,20-21,23-24H2,1-2H3,(H,38,42). The predicted octanol–water partition coefficient (Wildman–Crippen LogP) is 7.70. The van der Waals surface area contributed by atoms with Gasteiger partial charge < -0.3 is 14.4 Å². The lowest BCUT2D eigenvalue weighted by atomic mass is 9.98. The van der Waals surface area contributed by atoms with Crippen LogP contribution in [0.5, 0.6) is 5.88 Å². The van der Waals surface area contributed by atoms with Crippen LogP contribution < -0.4 is 10.1 Å². The molecule has 1 aromatic heterocycles. The van der Waals surface area contributed by atoms with Crippen LogP contribution in [0.2, 0.25) is 0 Å². The number of hydrogen-bond acceptors (Lipinski definition) is 5. The van der Waals surface area contributed by atoms with Crippen molar-refractivity contribution in [1.29, 1.82) is 0 Å². The molecule has 5 aromatic rings. The second-order valence-corrected chi connectivity index (χ2v) is 11.0. The molecular weight excluding hydrogens is 555 g/mol. The number of aromatic nitrogens is 2. The number of amides is 1. The smallest absolute Gasteiger partial charge is 0.411 e. The minimum atomic E-state index is -0.522. The van der Waals surface area contributed by atoms with E-state index >= 15 is 0 Å². The zero-order chi connectivity index (χ0) is 30.5. The van der Waals surface area contributed by atoms with Crippen LogP contribution >= 0.6 is 0 Å². The van der Waals surface area contributed by atoms with Crippen molar-refractivity contribution in [2.45, 2.75) is 32.7 Å². The van der Waals surface area contributed by atoms with Gasteiger partial charge in [-0.1, -0.05) is 74.5 Å². The highest BCUT2D eigenvalue weighted by atomic mass is 19.1. The summed E-state index contributed by atoms with van der Waals surface area (Å²) in [5.41, 5.74) is 7.06. The summed E-state index contributed by atoms with van der Waals surface area (Å²) in [4.78, 5) is 15.4. The molecule has 0 bridgehead atoms. The first kappa shape index (κ1) is 29.4. The van der Waals surface area contributed by atoms with E-state index in [2.05, 4.69) is 48.3 Å². The van der Waals surface area contributed by atoms with Crippen molar-refractivity contribution < 1.29 is 18.7 Å². The molecule has 0 aliphatic heterocycles. The summed E-state index contributed by atoms with van der Waals surface area (Å²) in [5.74, 6) is 0.203. The van der Waals surface area contributed by atoms with E-state index in [1.165, 1.54) is 34.4 Å². The van der Waals surface area contributed by atoms with Crippen LogP contribution in [0.25, 0.3) is 22.0 Å². The van der Waals surface area contributed by atoms with Crippen LogP contribution in [0, 0.1) is 5.82 Å². The molecular formula is C36H37FN4O3. The average Bonchev–Trinajstić information content (AvgIpc) is 3.55. The van der Waals surface area contributed by atoms with Crippen LogP contribution in [0.15, 0.2) is 91.0 Å². The van der Waals surface area contributed by atoms with Crippen molar-refractivity contribution in [3.8, 4) is 17.0 Å². The number of hydrogen-bond donors (Lipinski definition) is 1. The Morgan fingerprint density at radius 2 is 1.61 bits per heavy atom. The first-order chi connectivity index (χ1) is 21.5. The maximum Gasteiger partial charge on any atom is 0.411 e. The van der Waals surface area contributed by atoms with Gasteiger partial charge in [0.15, 0.2) is 0 Å². The Morgan fingerprint density at radius 1 is 0.932 bits per heavy atom. The molecule has 0 spiro atoms. The lowest BCUT2D eigenvalue weighted by molar-refractivity contribution is 0.158. The molecule has 1 amide bonds. The van der Waals surface area contributed by atoms with E-state index in [4.69, 9.17) is 14.6 Å². The van der Waals surface area contributed by atoms with Gasteiger partial charge in [-0.25, -0.2) is 9.18 Å². The van der Waals surface area contributed by atoms with Crippen LogP contribution in [-0.4, -0.2) is 53.6 Å². The number of carbonyl (C=O) groups is 1. The molecule has 1 aliphatic rings. The van der Waals surface area contributed by atoms with Crippen molar-refractivity contribution in [2.24, 2.45) is 0 Å². The number of ether oxygens (including phenoxy) is 2. The Bertz CT molecular complexity index is 1700. The number of nitrogens with one attached hydrogen (secondary N) is 1. The normalized spacial score (nSPS) is 12.4. The Hall–Kier alpha value is -4.69. The molecule has 4 aromatic carbocycles. The quantitative estimate of drug-likeness (QED) is 0.150. The van der Waals surface area contributed by atoms with E-state index in [1.54, 1.807) is 12.1 Å². The van der Waals surface area contributed by atoms with Crippen molar-refractivity contribution in [2.75, 3.05) is 38.2 Å². The Morgan fingerprint density at radius 3 is 2.30 bits per heavy atom. The van der Waals surface area contributed by atoms with E-state index in [1.807, 2.05) is 47.1 Å². The van der Waals surface area contributed by atoms with Gasteiger partial charge >= 0.3 is 6.09 Å². The first-order valence-electron chi connectivity index (χ1n) is 15.3. The third kappa shape index (κ3) is 6.31. The van der Waals surface area contributed by atoms with Crippen LogP contribution in [-0.2, 0) is 11.3 Å². The van der Waals surface area contributed by atoms with Crippen LogP contribution in [0.1, 0.15) is 42.9 Å². The summed E-state index contributed by atoms with van der Waals surface area (Å²) in [7, 11) is 0. The minimum Gasteiger partial charge on any atom is -0.476 e. The summed E-state index contributed by atoms with van der Waals surface area (Å²) >= 11 is 0. The molecule has 226 valence electrons. The fraction of sp³-hybridized carbons (Fsp3) is 0.278. The SMILES string of the molecule is CCN(CC)CCCOc1nn(Cc2ccc(F)cc2)c2ccc(NC(=O)OCC3c4ccccc4-c4ccccc43)cc12. The number of nitrogens with zero attached hydrogens (tertiary/aromatic N) is 3. The lowest BCUT2D eigenvalue weighted by Gasteiger charge is -2.17. The van der Waals surface area contributed by atoms with Crippen molar-refractivity contribution in [1.82, 2.24) is 14.7 Å². The third-order valence-electron chi connectivity index (χ3n) is 8.30. The lowest BCUT2D eigenvalue weighted by Crippen LogP contribution is -2.25. The maximum absolute atomic E-state index is 13.5. The number of fused-ring (bicyclic) bond motifs is 4. The number of rotatable bonds is 12. The van der Waals surface area contributed by atoms with E-state index in [-0.39, 0.29) is 18.3 Å². The van der Waals surface area contributed by atoms with Gasteiger partial charge in [0.2, 0.25) is 5.88 Å². The van der Waals surface area contributed by atoms with Crippen LogP contribution in [0.4, 0.5) is 14.9 Å². The Kier molecular flexibility index (Phi) is 8.89. The molecule has 0 saturated heterocycles. The topological polar surface area (TPSA) is 68.6 Å². The summed E-state index contributed by atoms with van der Waals surface area (Å²) in [6, 6.07) is 28.5. The van der Waals surface area contributed by atoms with E-state index in [9.17, 15) is 9.18 Å². The number of halogens is 1. The summed E-state index contributed by atoms with van der Waals surface area (Å²) in [6.45, 7) is 8.45. The largest absolute Gasteiger partial charge is 0.476 e. The molecule has 1 aliphatic carbocycles. The Balaban J connectivity index is 1.18. The molecule has 0 fully saturated rings. The fourth-order valence-corrected chi connectivity index (χ4v) is 5.97. The highest BCUT2D eigenvalue weighted by molar-refractivity contribution is 5.92. The second kappa shape index (κ2) is 13.3. The molecule has 7 nitrogen and oxygen atoms in total. The van der Waals surface area contributed by atoms with Gasteiger partial charge in [-0.3, -0.25) is 10.00 Å². The van der Waals surface area contributed by atoms with Gasteiger partial charge in [0.05, 0.1) is 24.1 Å². The van der Waals surface area contributed by atoms with Gasteiger partial charge in [0.25, 0.3) is 0 Å². The maximum atomic E-state index is 13.5. The molecule has 0 atom stereocenters. The Labute approximate surface area is 257 Å². The van der Waals surface area contributed by atoms with Gasteiger partial charge in [0, 0.05) is 18.2 Å². The molecule has 8 heteroatoms. The molecule has 0 radical (unpaired) electrons. The van der Waals surface area contributed by atoms with Gasteiger partial charge in [-0.2, -0.15) is 0 Å². The highest BCUT2D eigenvalue weighted by Crippen LogP contribution is 2.44. The monoisotopic (exact) mass is 592 g/mol. The van der Waals surface area contributed by atoms with E-state index in [0.717, 1.165) is 42.5 Å². The molecule has 44 heavy (non-hydrogen) atoms. The van der Waals surface area contributed by atoms with Crippen molar-refractivity contribution in [3.63, 3.8) is 0 Å². The van der Waals surface area contributed by atoms with E-state index in [0.29, 0.717) is 24.7 Å². The zero-order valence-corrected chi connectivity index (χ0v) is 25.1. The summed E-state index contributed by atoms with van der Waals surface area (Å²) in [5, 5.41) is 8.44. The zero-order valence-electron chi connectivity index (χ0n) is 25.1. The van der Waals surface area contributed by atoms with Gasteiger partial charge in [-0.15, -0.1) is 5.10 Å². The predicted molar refractivity (Wildman–Crippen MR) is 172 cm³/mol. The number of anilines is 1. The van der Waals surface area contributed by atoms with Crippen molar-refractivity contribution >= 4 is 22.7 Å². The van der Waals surface area contributed by atoms with Crippen molar-refractivity contribution in [3.05, 3.63) is 114 Å². The molecule has 1 heterocycles. The van der Waals surface area contributed by atoms with Gasteiger partial charge in [-0.05, 0) is 77.7 Å². The van der Waals surface area contributed by atoms with E-state index < -0.39 is 6.09 Å². The number of carbonyl (C=O) groups excluding carboxylic acids is 1. The summed E-state index contributed by atoms with van der Waals surface area (Å²) < 4.78 is 27.3. The third-order valence-corrected chi connectivity index (χ3v) is 8.30. The average molecular weight is 593 g/mol. The molecule has 0 saturated carbocycles. The summed E-state index contributed by atoms with van der Waals surface area (Å²) in [6.07, 6.45) is 0.345. The molecule has 0 unspecified atom stereocenters. The first-order valence-corrected chi connectivity index (χ1v) is 15.3.